The highest BCUT2D eigenvalue weighted by atomic mass is 32.2. The molecule has 0 aliphatic rings. The molecule has 2 N–H and O–H groups in total. The minimum atomic E-state index is -1.06. The second kappa shape index (κ2) is 8.06. The number of thioether (sulfide) groups is 1. The van der Waals surface area contributed by atoms with E-state index in [0.717, 1.165) is 29.5 Å². The van der Waals surface area contributed by atoms with Gasteiger partial charge in [0.05, 0.1) is 10.6 Å². The van der Waals surface area contributed by atoms with Crippen molar-refractivity contribution in [1.29, 1.82) is 5.26 Å². The van der Waals surface area contributed by atoms with Gasteiger partial charge in [-0.05, 0) is 35.2 Å². The molecule has 0 bridgehead atoms. The molecule has 0 amide bonds. The number of halogens is 2. The minimum Gasteiger partial charge on any atom is -0.503 e. The van der Waals surface area contributed by atoms with Gasteiger partial charge < -0.3 is 10.1 Å². The maximum atomic E-state index is 13.5. The number of aromatic amines is 1. The normalized spacial score (nSPS) is 10.6. The number of phenolic OH excluding ortho intramolecular Hbond substituents is 1. The quantitative estimate of drug-likeness (QED) is 0.649. The second-order valence-corrected chi connectivity index (χ2v) is 6.82. The molecule has 4 nitrogen and oxygen atoms in total. The lowest BCUT2D eigenvalue weighted by molar-refractivity contribution is 0.395. The average molecular weight is 384 g/mol. The SMILES string of the molecule is N#Cc1c(Cc2ccccc2)cc(=O)[nH]c1SCc1cc(F)c(O)c(F)c1. The van der Waals surface area contributed by atoms with E-state index in [9.17, 15) is 18.8 Å². The van der Waals surface area contributed by atoms with E-state index in [0.29, 0.717) is 22.6 Å². The van der Waals surface area contributed by atoms with Crippen LogP contribution in [0.15, 0.2) is 58.4 Å². The first-order valence-corrected chi connectivity index (χ1v) is 8.96. The Morgan fingerprint density at radius 1 is 1.07 bits per heavy atom. The van der Waals surface area contributed by atoms with Crippen LogP contribution in [0.5, 0.6) is 5.75 Å². The van der Waals surface area contributed by atoms with Crippen molar-refractivity contribution in [2.75, 3.05) is 0 Å². The molecule has 0 aliphatic heterocycles. The molecule has 0 aliphatic carbocycles. The summed E-state index contributed by atoms with van der Waals surface area (Å²) in [6, 6.07) is 14.9. The van der Waals surface area contributed by atoms with Crippen LogP contribution in [0.3, 0.4) is 0 Å². The van der Waals surface area contributed by atoms with Gasteiger partial charge in [-0.3, -0.25) is 4.79 Å². The minimum absolute atomic E-state index is 0.119. The Balaban J connectivity index is 1.89. The summed E-state index contributed by atoms with van der Waals surface area (Å²) in [5, 5.41) is 19.1. The van der Waals surface area contributed by atoms with Crippen LogP contribution in [0.1, 0.15) is 22.3 Å². The summed E-state index contributed by atoms with van der Waals surface area (Å²) in [5.41, 5.74) is 1.79. The number of phenols is 1. The fourth-order valence-corrected chi connectivity index (χ4v) is 3.60. The Kier molecular flexibility index (Phi) is 5.57. The fourth-order valence-electron chi connectivity index (χ4n) is 2.63. The van der Waals surface area contributed by atoms with Crippen LogP contribution in [0.25, 0.3) is 0 Å². The number of nitrogens with one attached hydrogen (secondary N) is 1. The number of nitrogens with zero attached hydrogens (tertiary/aromatic N) is 1. The summed E-state index contributed by atoms with van der Waals surface area (Å²) in [5.74, 6) is -3.03. The van der Waals surface area contributed by atoms with Crippen molar-refractivity contribution in [2.24, 2.45) is 0 Å². The van der Waals surface area contributed by atoms with Gasteiger partial charge in [-0.15, -0.1) is 11.8 Å². The molecule has 0 spiro atoms. The number of aromatic nitrogens is 1. The Hall–Kier alpha value is -3.11. The van der Waals surface area contributed by atoms with Crippen LogP contribution in [0, 0.1) is 23.0 Å². The maximum Gasteiger partial charge on any atom is 0.249 e. The third-order valence-electron chi connectivity index (χ3n) is 3.90. The number of benzene rings is 2. The molecular formula is C20H14F2N2O2S. The van der Waals surface area contributed by atoms with E-state index >= 15 is 0 Å². The van der Waals surface area contributed by atoms with Gasteiger partial charge in [-0.2, -0.15) is 5.26 Å². The lowest BCUT2D eigenvalue weighted by atomic mass is 10.0. The van der Waals surface area contributed by atoms with Crippen LogP contribution < -0.4 is 5.56 Å². The molecule has 0 saturated heterocycles. The van der Waals surface area contributed by atoms with Crippen LogP contribution in [0.2, 0.25) is 0 Å². The number of pyridine rings is 1. The fraction of sp³-hybridized carbons (Fsp3) is 0.100. The monoisotopic (exact) mass is 384 g/mol. The summed E-state index contributed by atoms with van der Waals surface area (Å²) in [4.78, 5) is 14.6. The summed E-state index contributed by atoms with van der Waals surface area (Å²) in [6.45, 7) is 0. The summed E-state index contributed by atoms with van der Waals surface area (Å²) in [7, 11) is 0. The molecule has 7 heteroatoms. The number of hydrogen-bond donors (Lipinski definition) is 2. The van der Waals surface area contributed by atoms with Gasteiger partial charge in [0.1, 0.15) is 6.07 Å². The molecule has 0 saturated carbocycles. The van der Waals surface area contributed by atoms with Crippen LogP contribution in [-0.4, -0.2) is 10.1 Å². The molecule has 0 radical (unpaired) electrons. The molecule has 1 aromatic heterocycles. The van der Waals surface area contributed by atoms with E-state index in [2.05, 4.69) is 11.1 Å². The number of hydrogen-bond acceptors (Lipinski definition) is 4. The third-order valence-corrected chi connectivity index (χ3v) is 4.97. The van der Waals surface area contributed by atoms with E-state index in [1.165, 1.54) is 6.07 Å². The van der Waals surface area contributed by atoms with Crippen molar-refractivity contribution in [3.63, 3.8) is 0 Å². The topological polar surface area (TPSA) is 76.9 Å². The zero-order valence-electron chi connectivity index (χ0n) is 14.0. The molecule has 27 heavy (non-hydrogen) atoms. The highest BCUT2D eigenvalue weighted by molar-refractivity contribution is 7.98. The lowest BCUT2D eigenvalue weighted by Crippen LogP contribution is -2.10. The number of rotatable bonds is 5. The van der Waals surface area contributed by atoms with Crippen molar-refractivity contribution in [2.45, 2.75) is 17.2 Å². The number of aromatic hydroxyl groups is 1. The van der Waals surface area contributed by atoms with Gasteiger partial charge in [0.2, 0.25) is 5.56 Å². The van der Waals surface area contributed by atoms with E-state index in [1.807, 2.05) is 30.3 Å². The molecular weight excluding hydrogens is 370 g/mol. The predicted molar refractivity (Wildman–Crippen MR) is 98.6 cm³/mol. The molecule has 0 unspecified atom stereocenters. The van der Waals surface area contributed by atoms with Gasteiger partial charge >= 0.3 is 0 Å². The van der Waals surface area contributed by atoms with Crippen LogP contribution >= 0.6 is 11.8 Å². The summed E-state index contributed by atoms with van der Waals surface area (Å²) in [6.07, 6.45) is 0.420. The molecule has 0 atom stereocenters. The molecule has 2 aromatic carbocycles. The predicted octanol–water partition coefficient (Wildman–Crippen LogP) is 4.11. The van der Waals surface area contributed by atoms with Crippen molar-refractivity contribution in [3.8, 4) is 11.8 Å². The summed E-state index contributed by atoms with van der Waals surface area (Å²) >= 11 is 1.09. The molecule has 3 rings (SSSR count). The van der Waals surface area contributed by atoms with Crippen LogP contribution in [-0.2, 0) is 12.2 Å². The van der Waals surface area contributed by atoms with Gasteiger partial charge in [-0.25, -0.2) is 8.78 Å². The first-order chi connectivity index (χ1) is 13.0. The lowest BCUT2D eigenvalue weighted by Gasteiger charge is -2.10. The maximum absolute atomic E-state index is 13.5. The first-order valence-electron chi connectivity index (χ1n) is 7.98. The Morgan fingerprint density at radius 2 is 1.74 bits per heavy atom. The first kappa shape index (κ1) is 18.7. The van der Waals surface area contributed by atoms with Gasteiger partial charge in [-0.1, -0.05) is 30.3 Å². The third kappa shape index (κ3) is 4.36. The largest absolute Gasteiger partial charge is 0.503 e. The highest BCUT2D eigenvalue weighted by Crippen LogP contribution is 2.29. The van der Waals surface area contributed by atoms with Crippen molar-refractivity contribution in [3.05, 3.63) is 92.8 Å². The van der Waals surface area contributed by atoms with Crippen molar-refractivity contribution < 1.29 is 13.9 Å². The number of H-pyrrole nitrogens is 1. The Bertz CT molecular complexity index is 1050. The number of nitriles is 1. The van der Waals surface area contributed by atoms with E-state index in [1.54, 1.807) is 0 Å². The van der Waals surface area contributed by atoms with Gasteiger partial charge in [0.25, 0.3) is 0 Å². The highest BCUT2D eigenvalue weighted by Gasteiger charge is 2.14. The Morgan fingerprint density at radius 3 is 2.37 bits per heavy atom. The molecule has 1 heterocycles. The molecule has 0 fully saturated rings. The van der Waals surface area contributed by atoms with E-state index in [-0.39, 0.29) is 16.9 Å². The van der Waals surface area contributed by atoms with E-state index < -0.39 is 17.4 Å². The standard InChI is InChI=1S/C20H14F2N2O2S/c21-16-7-13(8-17(22)19(16)26)11-27-20-15(10-23)14(9-18(25)24-20)6-12-4-2-1-3-5-12/h1-5,7-9,26H,6,11H2,(H,24,25). The van der Waals surface area contributed by atoms with Crippen LogP contribution in [0.4, 0.5) is 8.78 Å². The molecule has 136 valence electrons. The van der Waals surface area contributed by atoms with Gasteiger partial charge in [0, 0.05) is 11.8 Å². The smallest absolute Gasteiger partial charge is 0.249 e. The van der Waals surface area contributed by atoms with Crippen molar-refractivity contribution in [1.82, 2.24) is 4.98 Å². The zero-order chi connectivity index (χ0) is 19.4. The average Bonchev–Trinajstić information content (AvgIpc) is 2.65. The second-order valence-electron chi connectivity index (χ2n) is 5.83. The Labute approximate surface area is 158 Å². The van der Waals surface area contributed by atoms with Crippen molar-refractivity contribution >= 4 is 11.8 Å². The zero-order valence-corrected chi connectivity index (χ0v) is 14.8. The summed E-state index contributed by atoms with van der Waals surface area (Å²) < 4.78 is 26.9. The van der Waals surface area contributed by atoms with Gasteiger partial charge in [0.15, 0.2) is 17.4 Å². The molecule has 3 aromatic rings. The van der Waals surface area contributed by atoms with E-state index in [4.69, 9.17) is 5.11 Å².